The van der Waals surface area contributed by atoms with Crippen molar-refractivity contribution in [1.82, 2.24) is 16.0 Å². The normalized spacial score (nSPS) is 15.0. The Kier molecular flexibility index (Phi) is 18.0. The van der Waals surface area contributed by atoms with Crippen molar-refractivity contribution in [3.63, 3.8) is 0 Å². The molecule has 1 rings (SSSR count). The number of ether oxygens (including phenoxy) is 4. The van der Waals surface area contributed by atoms with E-state index in [4.69, 9.17) is 18.9 Å². The van der Waals surface area contributed by atoms with Crippen molar-refractivity contribution in [3.05, 3.63) is 23.8 Å². The van der Waals surface area contributed by atoms with E-state index < -0.39 is 35.7 Å². The second-order valence-electron chi connectivity index (χ2n) is 13.8. The molecular weight excluding hydrogens is 590 g/mol. The van der Waals surface area contributed by atoms with E-state index in [1.165, 1.54) is 0 Å². The minimum Gasteiger partial charge on any atom is -0.493 e. The highest BCUT2D eigenvalue weighted by atomic mass is 16.6. The van der Waals surface area contributed by atoms with E-state index in [1.807, 2.05) is 32.0 Å². The van der Waals surface area contributed by atoms with Gasteiger partial charge in [0.25, 0.3) is 0 Å². The van der Waals surface area contributed by atoms with Crippen LogP contribution in [-0.4, -0.2) is 81.8 Å². The molecule has 0 saturated carbocycles. The van der Waals surface area contributed by atoms with Crippen LogP contribution in [0.5, 0.6) is 11.5 Å². The molecule has 4 N–H and O–H groups in total. The molecule has 0 radical (unpaired) electrons. The third kappa shape index (κ3) is 15.0. The maximum atomic E-state index is 13.2. The highest BCUT2D eigenvalue weighted by Gasteiger charge is 2.33. The summed E-state index contributed by atoms with van der Waals surface area (Å²) < 4.78 is 22.2. The molecule has 1 aromatic carbocycles. The quantitative estimate of drug-likeness (QED) is 0.148. The summed E-state index contributed by atoms with van der Waals surface area (Å²) in [7, 11) is 4.82. The molecule has 0 aliphatic rings. The number of aliphatic hydroxyl groups is 1. The molecule has 0 aromatic heterocycles. The number of carbonyl (C=O) groups is 3. The fourth-order valence-electron chi connectivity index (χ4n) is 5.17. The summed E-state index contributed by atoms with van der Waals surface area (Å²) in [6.07, 6.45) is 0.343. The van der Waals surface area contributed by atoms with Crippen LogP contribution in [0.3, 0.4) is 0 Å². The van der Waals surface area contributed by atoms with E-state index >= 15 is 0 Å². The average molecular weight is 652 g/mol. The van der Waals surface area contributed by atoms with E-state index in [-0.39, 0.29) is 42.5 Å². The zero-order valence-electron chi connectivity index (χ0n) is 30.0. The topological polar surface area (TPSA) is 144 Å². The number of amides is 3. The average Bonchev–Trinajstić information content (AvgIpc) is 2.98. The van der Waals surface area contributed by atoms with Gasteiger partial charge in [0.15, 0.2) is 11.5 Å². The molecule has 0 heterocycles. The van der Waals surface area contributed by atoms with Crippen molar-refractivity contribution in [2.24, 2.45) is 29.6 Å². The fourth-order valence-corrected chi connectivity index (χ4v) is 5.17. The van der Waals surface area contributed by atoms with Crippen LogP contribution in [-0.2, 0) is 25.5 Å². The van der Waals surface area contributed by atoms with Crippen LogP contribution in [0, 0.1) is 29.6 Å². The maximum absolute atomic E-state index is 13.2. The minimum atomic E-state index is -1.03. The van der Waals surface area contributed by atoms with E-state index in [9.17, 15) is 19.5 Å². The Hall–Kier alpha value is -3.05. The van der Waals surface area contributed by atoms with Gasteiger partial charge >= 0.3 is 6.09 Å². The predicted octanol–water partition coefficient (Wildman–Crippen LogP) is 4.73. The van der Waals surface area contributed by atoms with Crippen molar-refractivity contribution in [3.8, 4) is 11.5 Å². The second-order valence-corrected chi connectivity index (χ2v) is 13.8. The van der Waals surface area contributed by atoms with Crippen molar-refractivity contribution in [2.75, 3.05) is 41.0 Å². The van der Waals surface area contributed by atoms with Gasteiger partial charge in [-0.15, -0.1) is 0 Å². The number of hydrogen-bond donors (Lipinski definition) is 4. The molecule has 11 nitrogen and oxygen atoms in total. The number of hydrogen-bond acceptors (Lipinski definition) is 8. The van der Waals surface area contributed by atoms with Gasteiger partial charge in [0.1, 0.15) is 5.60 Å². The van der Waals surface area contributed by atoms with Crippen LogP contribution >= 0.6 is 0 Å². The lowest BCUT2D eigenvalue weighted by Crippen LogP contribution is -2.49. The molecule has 0 saturated heterocycles. The molecule has 0 bridgehead atoms. The standard InChI is InChI=1S/C35H61N3O8/c1-22(2)26(17-25-13-14-30(44-11)31(18-25)45-16-12-15-43-10)19-28(38-34(42)46-35(6,7)8)29(39)20-27(23(3)4)33(41)37-21-24(5)32(40)36-9/h13-14,18,22-24,26-29,39H,12,15-17,19-21H2,1-11H3,(H,36,40)(H,37,41)(H,38,42)/t24-,26-,27-,28-,29-/m0/s1. The summed E-state index contributed by atoms with van der Waals surface area (Å²) in [5, 5.41) is 20.0. The van der Waals surface area contributed by atoms with E-state index in [1.54, 1.807) is 49.0 Å². The first-order chi connectivity index (χ1) is 21.5. The Balaban J connectivity index is 3.23. The van der Waals surface area contributed by atoms with Gasteiger partial charge in [-0.1, -0.05) is 40.7 Å². The van der Waals surface area contributed by atoms with Crippen molar-refractivity contribution < 1.29 is 38.4 Å². The summed E-state index contributed by atoms with van der Waals surface area (Å²) in [5.41, 5.74) is 0.318. The van der Waals surface area contributed by atoms with Gasteiger partial charge in [-0.05, 0) is 75.5 Å². The Morgan fingerprint density at radius 3 is 2.13 bits per heavy atom. The molecule has 46 heavy (non-hydrogen) atoms. The highest BCUT2D eigenvalue weighted by molar-refractivity contribution is 5.81. The van der Waals surface area contributed by atoms with Crippen LogP contribution < -0.4 is 25.4 Å². The SMILES string of the molecule is CNC(=O)[C@@H](C)CNC(=O)[C@@H](C[C@H](O)[C@H](C[C@H](Cc1ccc(OC)c(OCCCOC)c1)C(C)C)NC(=O)OC(C)(C)C)C(C)C. The molecule has 0 spiro atoms. The van der Waals surface area contributed by atoms with Crippen LogP contribution in [0.2, 0.25) is 0 Å². The Bertz CT molecular complexity index is 1070. The first kappa shape index (κ1) is 41.0. The molecule has 3 amide bonds. The number of methoxy groups -OCH3 is 2. The first-order valence-corrected chi connectivity index (χ1v) is 16.5. The Morgan fingerprint density at radius 1 is 0.913 bits per heavy atom. The number of aliphatic hydroxyl groups excluding tert-OH is 1. The van der Waals surface area contributed by atoms with Crippen LogP contribution in [0.15, 0.2) is 18.2 Å². The van der Waals surface area contributed by atoms with Gasteiger partial charge in [-0.25, -0.2) is 4.79 Å². The summed E-state index contributed by atoms with van der Waals surface area (Å²) in [5.74, 6) is 0.142. The fraction of sp³-hybridized carbons (Fsp3) is 0.743. The predicted molar refractivity (Wildman–Crippen MR) is 180 cm³/mol. The van der Waals surface area contributed by atoms with E-state index in [0.29, 0.717) is 37.6 Å². The Morgan fingerprint density at radius 2 is 1.59 bits per heavy atom. The zero-order valence-corrected chi connectivity index (χ0v) is 30.0. The summed E-state index contributed by atoms with van der Waals surface area (Å²) in [6.45, 7) is 16.4. The van der Waals surface area contributed by atoms with Gasteiger partial charge in [0.2, 0.25) is 11.8 Å². The van der Waals surface area contributed by atoms with Gasteiger partial charge < -0.3 is 40.0 Å². The lowest BCUT2D eigenvalue weighted by molar-refractivity contribution is -0.128. The summed E-state index contributed by atoms with van der Waals surface area (Å²) >= 11 is 0. The lowest BCUT2D eigenvalue weighted by Gasteiger charge is -2.33. The monoisotopic (exact) mass is 651 g/mol. The molecule has 11 heteroatoms. The van der Waals surface area contributed by atoms with Crippen molar-refractivity contribution in [1.29, 1.82) is 0 Å². The third-order valence-electron chi connectivity index (χ3n) is 8.06. The lowest BCUT2D eigenvalue weighted by atomic mass is 9.80. The largest absolute Gasteiger partial charge is 0.493 e. The van der Waals surface area contributed by atoms with Crippen molar-refractivity contribution in [2.45, 2.75) is 98.8 Å². The van der Waals surface area contributed by atoms with E-state index in [2.05, 4.69) is 29.8 Å². The summed E-state index contributed by atoms with van der Waals surface area (Å²) in [4.78, 5) is 38.1. The zero-order chi connectivity index (χ0) is 35.0. The number of carbonyl (C=O) groups excluding carboxylic acids is 3. The first-order valence-electron chi connectivity index (χ1n) is 16.5. The van der Waals surface area contributed by atoms with Gasteiger partial charge in [-0.3, -0.25) is 9.59 Å². The van der Waals surface area contributed by atoms with Gasteiger partial charge in [0.05, 0.1) is 31.8 Å². The van der Waals surface area contributed by atoms with Crippen LogP contribution in [0.4, 0.5) is 4.79 Å². The molecule has 264 valence electrons. The van der Waals surface area contributed by atoms with Gasteiger partial charge in [-0.2, -0.15) is 0 Å². The third-order valence-corrected chi connectivity index (χ3v) is 8.06. The molecule has 0 aliphatic heterocycles. The molecule has 5 atom stereocenters. The second kappa shape index (κ2) is 20.2. The number of rotatable bonds is 20. The molecule has 0 fully saturated rings. The van der Waals surface area contributed by atoms with Crippen LogP contribution in [0.25, 0.3) is 0 Å². The molecule has 1 aromatic rings. The highest BCUT2D eigenvalue weighted by Crippen LogP contribution is 2.32. The molecule has 0 aliphatic carbocycles. The molecular formula is C35H61N3O8. The smallest absolute Gasteiger partial charge is 0.407 e. The molecule has 0 unspecified atom stereocenters. The van der Waals surface area contributed by atoms with Crippen LogP contribution in [0.1, 0.15) is 80.2 Å². The maximum Gasteiger partial charge on any atom is 0.407 e. The summed E-state index contributed by atoms with van der Waals surface area (Å²) in [6, 6.07) is 5.19. The number of nitrogens with one attached hydrogen (secondary N) is 3. The van der Waals surface area contributed by atoms with Gasteiger partial charge in [0, 0.05) is 39.6 Å². The van der Waals surface area contributed by atoms with E-state index in [0.717, 1.165) is 12.0 Å². The van der Waals surface area contributed by atoms with Crippen molar-refractivity contribution >= 4 is 17.9 Å². The minimum absolute atomic E-state index is 0.0593. The number of benzene rings is 1. The number of alkyl carbamates (subject to hydrolysis) is 1. The Labute approximate surface area is 276 Å².